The number of carbonyl (C=O) groups is 1. The van der Waals surface area contributed by atoms with E-state index < -0.39 is 0 Å². The van der Waals surface area contributed by atoms with Gasteiger partial charge in [0.05, 0.1) is 6.61 Å². The third-order valence-corrected chi connectivity index (χ3v) is 3.04. The Kier molecular flexibility index (Phi) is 4.98. The Morgan fingerprint density at radius 3 is 3.11 bits per heavy atom. The molecule has 1 aliphatic rings. The summed E-state index contributed by atoms with van der Waals surface area (Å²) in [6, 6.07) is 7.27. The highest BCUT2D eigenvalue weighted by Crippen LogP contribution is 2.13. The van der Waals surface area contributed by atoms with Gasteiger partial charge in [0.25, 0.3) is 5.91 Å². The Morgan fingerprint density at radius 2 is 2.37 bits per heavy atom. The van der Waals surface area contributed by atoms with Crippen LogP contribution in [0.25, 0.3) is 0 Å². The third-order valence-electron chi connectivity index (χ3n) is 3.04. The third kappa shape index (κ3) is 4.10. The fraction of sp³-hybridized carbons (Fsp3) is 0.400. The summed E-state index contributed by atoms with van der Waals surface area (Å²) < 4.78 is 5.39. The van der Waals surface area contributed by atoms with Crippen LogP contribution in [0, 0.1) is 0 Å². The van der Waals surface area contributed by atoms with Gasteiger partial charge in [0, 0.05) is 18.7 Å². The second-order valence-corrected chi connectivity index (χ2v) is 4.46. The largest absolute Gasteiger partial charge is 0.494 e. The molecule has 0 spiro atoms. The van der Waals surface area contributed by atoms with Crippen molar-refractivity contribution in [1.82, 2.24) is 10.6 Å². The summed E-state index contributed by atoms with van der Waals surface area (Å²) in [5.41, 5.74) is 1.92. The van der Waals surface area contributed by atoms with Gasteiger partial charge in [-0.3, -0.25) is 4.79 Å². The van der Waals surface area contributed by atoms with Crippen LogP contribution in [0.3, 0.4) is 0 Å². The molecule has 0 unspecified atom stereocenters. The Hall–Kier alpha value is -1.81. The predicted octanol–water partition coefficient (Wildman–Crippen LogP) is 1.73. The molecule has 0 fully saturated rings. The zero-order valence-corrected chi connectivity index (χ0v) is 11.2. The smallest absolute Gasteiger partial charge is 0.251 e. The van der Waals surface area contributed by atoms with Crippen LogP contribution in [-0.4, -0.2) is 32.1 Å². The number of carbonyl (C=O) groups excluding carboxylic acids is 1. The number of hydrogen-bond acceptors (Lipinski definition) is 3. The highest BCUT2D eigenvalue weighted by molar-refractivity contribution is 5.94. The molecular weight excluding hydrogens is 240 g/mol. The van der Waals surface area contributed by atoms with E-state index in [0.717, 1.165) is 25.3 Å². The van der Waals surface area contributed by atoms with Gasteiger partial charge in [-0.2, -0.15) is 0 Å². The van der Waals surface area contributed by atoms with Gasteiger partial charge in [0.15, 0.2) is 0 Å². The van der Waals surface area contributed by atoms with Crippen molar-refractivity contribution in [3.63, 3.8) is 0 Å². The number of amides is 1. The van der Waals surface area contributed by atoms with Crippen LogP contribution in [0.1, 0.15) is 23.7 Å². The van der Waals surface area contributed by atoms with Crippen molar-refractivity contribution in [3.05, 3.63) is 41.5 Å². The molecular formula is C15H20N2O2. The van der Waals surface area contributed by atoms with Gasteiger partial charge in [-0.05, 0) is 38.1 Å². The molecule has 0 saturated heterocycles. The van der Waals surface area contributed by atoms with Gasteiger partial charge < -0.3 is 15.4 Å². The Bertz CT molecular complexity index is 469. The van der Waals surface area contributed by atoms with Crippen LogP contribution in [0.15, 0.2) is 35.9 Å². The molecule has 0 radical (unpaired) electrons. The first-order valence-corrected chi connectivity index (χ1v) is 6.69. The monoisotopic (exact) mass is 260 g/mol. The molecule has 1 amide bonds. The van der Waals surface area contributed by atoms with Crippen molar-refractivity contribution >= 4 is 5.91 Å². The highest BCUT2D eigenvalue weighted by Gasteiger charge is 2.08. The molecule has 0 bridgehead atoms. The van der Waals surface area contributed by atoms with Crippen LogP contribution in [0.5, 0.6) is 5.75 Å². The van der Waals surface area contributed by atoms with Crippen LogP contribution in [0.4, 0.5) is 0 Å². The van der Waals surface area contributed by atoms with Crippen molar-refractivity contribution in [2.24, 2.45) is 0 Å². The highest BCUT2D eigenvalue weighted by atomic mass is 16.5. The number of benzene rings is 1. The number of nitrogens with one attached hydrogen (secondary N) is 2. The average molecular weight is 260 g/mol. The lowest BCUT2D eigenvalue weighted by Crippen LogP contribution is -2.29. The number of rotatable bonds is 5. The van der Waals surface area contributed by atoms with Gasteiger partial charge in [-0.15, -0.1) is 0 Å². The van der Waals surface area contributed by atoms with Gasteiger partial charge in [0.1, 0.15) is 5.75 Å². The number of ether oxygens (including phenoxy) is 1. The maximum Gasteiger partial charge on any atom is 0.251 e. The normalized spacial score (nSPS) is 14.7. The molecule has 1 aromatic rings. The standard InChI is InChI=1S/C15H20N2O2/c1-2-19-14-5-3-4-13(10-14)15(18)17-11-12-6-8-16-9-7-12/h3-6,10,16H,2,7-9,11H2,1H3,(H,17,18). The molecule has 19 heavy (non-hydrogen) atoms. The first kappa shape index (κ1) is 13.6. The quantitative estimate of drug-likeness (QED) is 0.793. The number of hydrogen-bond donors (Lipinski definition) is 2. The molecule has 0 atom stereocenters. The Morgan fingerprint density at radius 1 is 1.47 bits per heavy atom. The van der Waals surface area contributed by atoms with E-state index in [1.165, 1.54) is 5.57 Å². The summed E-state index contributed by atoms with van der Waals surface area (Å²) in [5, 5.41) is 6.20. The molecule has 4 nitrogen and oxygen atoms in total. The first-order chi connectivity index (χ1) is 9.29. The molecule has 1 aliphatic heterocycles. The van der Waals surface area contributed by atoms with Gasteiger partial charge in [-0.25, -0.2) is 0 Å². The maximum absolute atomic E-state index is 12.0. The minimum atomic E-state index is -0.0546. The molecule has 0 saturated carbocycles. The fourth-order valence-electron chi connectivity index (χ4n) is 2.02. The predicted molar refractivity (Wildman–Crippen MR) is 75.5 cm³/mol. The van der Waals surface area contributed by atoms with Crippen LogP contribution in [-0.2, 0) is 0 Å². The summed E-state index contributed by atoms with van der Waals surface area (Å²) in [5.74, 6) is 0.678. The van der Waals surface area contributed by atoms with Gasteiger partial charge >= 0.3 is 0 Å². The van der Waals surface area contributed by atoms with E-state index in [1.807, 2.05) is 19.1 Å². The van der Waals surface area contributed by atoms with E-state index in [0.29, 0.717) is 18.7 Å². The summed E-state index contributed by atoms with van der Waals surface area (Å²) in [7, 11) is 0. The minimum Gasteiger partial charge on any atom is -0.494 e. The average Bonchev–Trinajstić information content (AvgIpc) is 2.46. The molecule has 2 rings (SSSR count). The fourth-order valence-corrected chi connectivity index (χ4v) is 2.02. The molecule has 4 heteroatoms. The van der Waals surface area contributed by atoms with Crippen molar-refractivity contribution in [3.8, 4) is 5.75 Å². The molecule has 102 valence electrons. The minimum absolute atomic E-state index is 0.0546. The second kappa shape index (κ2) is 6.95. The van der Waals surface area contributed by atoms with E-state index in [4.69, 9.17) is 4.74 Å². The van der Waals surface area contributed by atoms with E-state index >= 15 is 0 Å². The zero-order valence-electron chi connectivity index (χ0n) is 11.2. The van der Waals surface area contributed by atoms with Crippen molar-refractivity contribution in [1.29, 1.82) is 0 Å². The Labute approximate surface area is 113 Å². The van der Waals surface area contributed by atoms with E-state index in [9.17, 15) is 4.79 Å². The summed E-state index contributed by atoms with van der Waals surface area (Å²) in [6.07, 6.45) is 3.14. The molecule has 2 N–H and O–H groups in total. The van der Waals surface area contributed by atoms with E-state index in [2.05, 4.69) is 16.7 Å². The van der Waals surface area contributed by atoms with Crippen molar-refractivity contribution < 1.29 is 9.53 Å². The lowest BCUT2D eigenvalue weighted by atomic mass is 10.1. The van der Waals surface area contributed by atoms with Gasteiger partial charge in [-0.1, -0.05) is 17.7 Å². The zero-order chi connectivity index (χ0) is 13.5. The molecule has 0 aromatic heterocycles. The van der Waals surface area contributed by atoms with Crippen molar-refractivity contribution in [2.45, 2.75) is 13.3 Å². The van der Waals surface area contributed by atoms with Crippen molar-refractivity contribution in [2.75, 3.05) is 26.2 Å². The Balaban J connectivity index is 1.91. The lowest BCUT2D eigenvalue weighted by Gasteiger charge is -2.14. The van der Waals surface area contributed by atoms with Crippen LogP contribution < -0.4 is 15.4 Å². The van der Waals surface area contributed by atoms with E-state index in [-0.39, 0.29) is 5.91 Å². The first-order valence-electron chi connectivity index (χ1n) is 6.69. The summed E-state index contributed by atoms with van der Waals surface area (Å²) >= 11 is 0. The molecule has 0 aliphatic carbocycles. The topological polar surface area (TPSA) is 50.4 Å². The molecule has 1 aromatic carbocycles. The second-order valence-electron chi connectivity index (χ2n) is 4.46. The van der Waals surface area contributed by atoms with Crippen LogP contribution >= 0.6 is 0 Å². The SMILES string of the molecule is CCOc1cccc(C(=O)NCC2=CCNCC2)c1. The lowest BCUT2D eigenvalue weighted by molar-refractivity contribution is 0.0956. The summed E-state index contributed by atoms with van der Waals surface area (Å²) in [4.78, 5) is 12.0. The van der Waals surface area contributed by atoms with Gasteiger partial charge in [0.2, 0.25) is 0 Å². The molecule has 1 heterocycles. The summed E-state index contributed by atoms with van der Waals surface area (Å²) in [6.45, 7) is 5.03. The maximum atomic E-state index is 12.0. The van der Waals surface area contributed by atoms with E-state index in [1.54, 1.807) is 12.1 Å². The van der Waals surface area contributed by atoms with Crippen LogP contribution in [0.2, 0.25) is 0 Å².